The maximum absolute atomic E-state index is 6.33. The Kier molecular flexibility index (Phi) is 8.94. The van der Waals surface area contributed by atoms with Gasteiger partial charge in [0.25, 0.3) is 0 Å². The lowest BCUT2D eigenvalue weighted by Gasteiger charge is -2.14. The molecule has 8 heteroatoms. The van der Waals surface area contributed by atoms with E-state index in [0.717, 1.165) is 31.4 Å². The Labute approximate surface area is 165 Å². The molecule has 0 amide bonds. The third-order valence-electron chi connectivity index (χ3n) is 3.68. The molecule has 0 bridgehead atoms. The van der Waals surface area contributed by atoms with Crippen LogP contribution in [0, 0.1) is 0 Å². The van der Waals surface area contributed by atoms with Gasteiger partial charge < -0.3 is 19.5 Å². The summed E-state index contributed by atoms with van der Waals surface area (Å²) in [6, 6.07) is 3.62. The zero-order chi connectivity index (χ0) is 18.8. The minimum Gasteiger partial charge on any atom is -0.490 e. The summed E-state index contributed by atoms with van der Waals surface area (Å²) in [6.07, 6.45) is 4.92. The second-order valence-electron chi connectivity index (χ2n) is 5.83. The van der Waals surface area contributed by atoms with Gasteiger partial charge in [0.15, 0.2) is 16.6 Å². The van der Waals surface area contributed by atoms with Gasteiger partial charge in [0.05, 0.1) is 30.6 Å². The van der Waals surface area contributed by atoms with E-state index < -0.39 is 0 Å². The highest BCUT2D eigenvalue weighted by Gasteiger charge is 2.15. The predicted molar refractivity (Wildman–Crippen MR) is 109 cm³/mol. The van der Waals surface area contributed by atoms with Crippen LogP contribution in [0.5, 0.6) is 11.5 Å². The van der Waals surface area contributed by atoms with Crippen LogP contribution in [-0.2, 0) is 4.74 Å². The van der Waals surface area contributed by atoms with Crippen LogP contribution in [0.2, 0.25) is 5.02 Å². The number of hydrogen-bond acceptors (Lipinski definition) is 5. The Morgan fingerprint density at radius 3 is 2.96 bits per heavy atom. The molecule has 0 spiro atoms. The molecular formula is C18H26ClN3O3S. The molecule has 1 unspecified atom stereocenters. The van der Waals surface area contributed by atoms with Crippen LogP contribution >= 0.6 is 23.8 Å². The lowest BCUT2D eigenvalue weighted by atomic mass is 10.2. The highest BCUT2D eigenvalue weighted by atomic mass is 35.5. The molecule has 0 aliphatic carbocycles. The van der Waals surface area contributed by atoms with Gasteiger partial charge in [-0.25, -0.2) is 0 Å². The molecule has 0 radical (unpaired) electrons. The standard InChI is InChI=1S/C18H26ClN3O3S/c1-3-7-25-17-15(19)9-13(10-16(17)23-4-2)11-21-22-18(26)20-12-14-6-5-8-24-14/h9-11,14H,3-8,12H2,1-2H3,(H2,20,22,26)/b21-11+. The van der Waals surface area contributed by atoms with Crippen molar-refractivity contribution in [1.82, 2.24) is 10.7 Å². The molecule has 1 aliphatic heterocycles. The number of ether oxygens (including phenoxy) is 3. The molecular weight excluding hydrogens is 374 g/mol. The highest BCUT2D eigenvalue weighted by molar-refractivity contribution is 7.80. The van der Waals surface area contributed by atoms with Gasteiger partial charge in [0.2, 0.25) is 0 Å². The molecule has 1 aromatic rings. The number of hydrazone groups is 1. The molecule has 1 aromatic carbocycles. The lowest BCUT2D eigenvalue weighted by molar-refractivity contribution is 0.114. The van der Waals surface area contributed by atoms with Crippen LogP contribution in [-0.4, -0.2) is 43.8 Å². The topological polar surface area (TPSA) is 64.1 Å². The number of hydrogen-bond donors (Lipinski definition) is 2. The molecule has 26 heavy (non-hydrogen) atoms. The SMILES string of the molecule is CCCOc1c(Cl)cc(/C=N/NC(=S)NCC2CCCO2)cc1OCC. The van der Waals surface area contributed by atoms with Crippen LogP contribution in [0.4, 0.5) is 0 Å². The first-order chi connectivity index (χ1) is 12.6. The molecule has 1 saturated heterocycles. The average Bonchev–Trinajstić information content (AvgIpc) is 3.13. The third-order valence-corrected chi connectivity index (χ3v) is 4.19. The van der Waals surface area contributed by atoms with Crippen molar-refractivity contribution in [1.29, 1.82) is 0 Å². The summed E-state index contributed by atoms with van der Waals surface area (Å²) in [6.45, 7) is 6.57. The molecule has 1 atom stereocenters. The van der Waals surface area contributed by atoms with Crippen LogP contribution in [0.1, 0.15) is 38.7 Å². The van der Waals surface area contributed by atoms with Crippen molar-refractivity contribution < 1.29 is 14.2 Å². The molecule has 144 valence electrons. The number of benzene rings is 1. The van der Waals surface area contributed by atoms with Crippen molar-refractivity contribution in [2.45, 2.75) is 39.2 Å². The quantitative estimate of drug-likeness (QED) is 0.376. The Morgan fingerprint density at radius 2 is 2.27 bits per heavy atom. The van der Waals surface area contributed by atoms with Crippen molar-refractivity contribution in [3.05, 3.63) is 22.7 Å². The molecule has 6 nitrogen and oxygen atoms in total. The maximum Gasteiger partial charge on any atom is 0.187 e. The minimum absolute atomic E-state index is 0.224. The first-order valence-corrected chi connectivity index (χ1v) is 9.70. The maximum atomic E-state index is 6.33. The second-order valence-corrected chi connectivity index (χ2v) is 6.64. The zero-order valence-electron chi connectivity index (χ0n) is 15.2. The molecule has 2 rings (SSSR count). The van der Waals surface area contributed by atoms with Crippen molar-refractivity contribution >= 4 is 35.1 Å². The summed E-state index contributed by atoms with van der Waals surface area (Å²) in [5.41, 5.74) is 3.58. The molecule has 0 aromatic heterocycles. The predicted octanol–water partition coefficient (Wildman–Crippen LogP) is 3.50. The molecule has 1 aliphatic rings. The van der Waals surface area contributed by atoms with E-state index >= 15 is 0 Å². The lowest BCUT2D eigenvalue weighted by Crippen LogP contribution is -2.37. The third kappa shape index (κ3) is 6.63. The summed E-state index contributed by atoms with van der Waals surface area (Å²) in [5, 5.41) is 8.19. The molecule has 2 N–H and O–H groups in total. The summed E-state index contributed by atoms with van der Waals surface area (Å²) < 4.78 is 16.9. The molecule has 1 heterocycles. The van der Waals surface area contributed by atoms with E-state index in [1.54, 1.807) is 12.3 Å². The number of halogens is 1. The van der Waals surface area contributed by atoms with E-state index in [4.69, 9.17) is 38.0 Å². The smallest absolute Gasteiger partial charge is 0.187 e. The summed E-state index contributed by atoms with van der Waals surface area (Å²) in [7, 11) is 0. The normalized spacial score (nSPS) is 16.7. The van der Waals surface area contributed by atoms with Crippen LogP contribution in [0.3, 0.4) is 0 Å². The van der Waals surface area contributed by atoms with Gasteiger partial charge >= 0.3 is 0 Å². The number of thiocarbonyl (C=S) groups is 1. The second kappa shape index (κ2) is 11.2. The van der Waals surface area contributed by atoms with E-state index in [9.17, 15) is 0 Å². The monoisotopic (exact) mass is 399 g/mol. The van der Waals surface area contributed by atoms with E-state index in [0.29, 0.717) is 41.4 Å². The fourth-order valence-corrected chi connectivity index (χ4v) is 2.90. The Hall–Kier alpha value is -1.57. The summed E-state index contributed by atoms with van der Waals surface area (Å²) in [5.74, 6) is 1.17. The van der Waals surface area contributed by atoms with Gasteiger partial charge in [-0.05, 0) is 56.1 Å². The Morgan fingerprint density at radius 1 is 1.42 bits per heavy atom. The average molecular weight is 400 g/mol. The number of rotatable bonds is 9. The zero-order valence-corrected chi connectivity index (χ0v) is 16.8. The van der Waals surface area contributed by atoms with Gasteiger partial charge in [0.1, 0.15) is 0 Å². The Bertz CT molecular complexity index is 622. The van der Waals surface area contributed by atoms with Gasteiger partial charge in [0, 0.05) is 13.2 Å². The van der Waals surface area contributed by atoms with Gasteiger partial charge in [-0.1, -0.05) is 18.5 Å². The minimum atomic E-state index is 0.224. The number of nitrogens with one attached hydrogen (secondary N) is 2. The van der Waals surface area contributed by atoms with E-state index in [-0.39, 0.29) is 6.10 Å². The van der Waals surface area contributed by atoms with Crippen LogP contribution < -0.4 is 20.2 Å². The van der Waals surface area contributed by atoms with Gasteiger partial charge in [-0.3, -0.25) is 5.43 Å². The molecule has 0 saturated carbocycles. The highest BCUT2D eigenvalue weighted by Crippen LogP contribution is 2.36. The van der Waals surface area contributed by atoms with E-state index in [1.165, 1.54) is 0 Å². The fourth-order valence-electron chi connectivity index (χ4n) is 2.49. The van der Waals surface area contributed by atoms with Crippen molar-refractivity contribution in [3.63, 3.8) is 0 Å². The number of nitrogens with zero attached hydrogens (tertiary/aromatic N) is 1. The fraction of sp³-hybridized carbons (Fsp3) is 0.556. The van der Waals surface area contributed by atoms with Gasteiger partial charge in [-0.15, -0.1) is 0 Å². The van der Waals surface area contributed by atoms with E-state index in [2.05, 4.69) is 15.8 Å². The largest absolute Gasteiger partial charge is 0.490 e. The van der Waals surface area contributed by atoms with Crippen molar-refractivity contribution in [2.24, 2.45) is 5.10 Å². The van der Waals surface area contributed by atoms with Crippen molar-refractivity contribution in [3.8, 4) is 11.5 Å². The molecule has 1 fully saturated rings. The summed E-state index contributed by atoms with van der Waals surface area (Å²) in [4.78, 5) is 0. The van der Waals surface area contributed by atoms with Crippen LogP contribution in [0.25, 0.3) is 0 Å². The van der Waals surface area contributed by atoms with Crippen LogP contribution in [0.15, 0.2) is 17.2 Å². The van der Waals surface area contributed by atoms with Crippen molar-refractivity contribution in [2.75, 3.05) is 26.4 Å². The first-order valence-electron chi connectivity index (χ1n) is 8.91. The van der Waals surface area contributed by atoms with E-state index in [1.807, 2.05) is 19.9 Å². The Balaban J connectivity index is 1.92. The summed E-state index contributed by atoms with van der Waals surface area (Å²) >= 11 is 11.5. The van der Waals surface area contributed by atoms with Gasteiger partial charge in [-0.2, -0.15) is 5.10 Å². The first kappa shape index (κ1) is 20.7.